The second-order valence-electron chi connectivity index (χ2n) is 3.39. The molecule has 0 aliphatic carbocycles. The zero-order valence-corrected chi connectivity index (χ0v) is 9.15. The standard InChI is InChI=1S/C8H12N8O/c1-5(2-17)12-7-13-6(9)14-8(15-7)16-4-10-3-11-16/h3-5,17H,2H2,1H3,(H3,9,12,13,14,15). The van der Waals surface area contributed by atoms with Crippen molar-refractivity contribution < 1.29 is 5.11 Å². The molecule has 0 amide bonds. The lowest BCUT2D eigenvalue weighted by molar-refractivity contribution is 0.281. The van der Waals surface area contributed by atoms with Gasteiger partial charge in [0, 0.05) is 6.04 Å². The second kappa shape index (κ2) is 4.70. The van der Waals surface area contributed by atoms with E-state index in [9.17, 15) is 0 Å². The highest BCUT2D eigenvalue weighted by Gasteiger charge is 2.08. The van der Waals surface area contributed by atoms with E-state index in [1.54, 1.807) is 6.92 Å². The summed E-state index contributed by atoms with van der Waals surface area (Å²) in [6.07, 6.45) is 2.82. The SMILES string of the molecule is CC(CO)Nc1nc(N)nc(-n2cncn2)n1. The molecule has 2 heterocycles. The first-order valence-corrected chi connectivity index (χ1v) is 4.93. The summed E-state index contributed by atoms with van der Waals surface area (Å²) < 4.78 is 1.37. The van der Waals surface area contributed by atoms with Crippen molar-refractivity contribution in [3.63, 3.8) is 0 Å². The highest BCUT2D eigenvalue weighted by molar-refractivity contribution is 5.35. The number of aliphatic hydroxyl groups is 1. The molecule has 0 aliphatic heterocycles. The van der Waals surface area contributed by atoms with Crippen LogP contribution in [-0.2, 0) is 0 Å². The van der Waals surface area contributed by atoms with Crippen LogP contribution in [0, 0.1) is 0 Å². The maximum absolute atomic E-state index is 8.93. The lowest BCUT2D eigenvalue weighted by Crippen LogP contribution is -2.22. The van der Waals surface area contributed by atoms with E-state index < -0.39 is 0 Å². The molecule has 2 rings (SSSR count). The van der Waals surface area contributed by atoms with Crippen molar-refractivity contribution in [2.24, 2.45) is 0 Å². The molecule has 9 heteroatoms. The first-order valence-electron chi connectivity index (χ1n) is 4.93. The molecule has 0 bridgehead atoms. The highest BCUT2D eigenvalue weighted by Crippen LogP contribution is 2.06. The average molecular weight is 236 g/mol. The Labute approximate surface area is 96.8 Å². The number of nitrogens with zero attached hydrogens (tertiary/aromatic N) is 6. The molecule has 0 aliphatic rings. The van der Waals surface area contributed by atoms with Gasteiger partial charge in [-0.15, -0.1) is 0 Å². The van der Waals surface area contributed by atoms with Crippen LogP contribution >= 0.6 is 0 Å². The van der Waals surface area contributed by atoms with Crippen molar-refractivity contribution in [1.82, 2.24) is 29.7 Å². The maximum atomic E-state index is 8.93. The molecule has 0 radical (unpaired) electrons. The third-order valence-electron chi connectivity index (χ3n) is 1.91. The zero-order valence-electron chi connectivity index (χ0n) is 9.15. The van der Waals surface area contributed by atoms with Crippen LogP contribution in [0.25, 0.3) is 5.95 Å². The number of hydrogen-bond donors (Lipinski definition) is 3. The number of aromatic nitrogens is 6. The number of nitrogens with one attached hydrogen (secondary N) is 1. The van der Waals surface area contributed by atoms with Crippen molar-refractivity contribution in [1.29, 1.82) is 0 Å². The molecule has 1 atom stereocenters. The molecule has 2 aromatic rings. The van der Waals surface area contributed by atoms with Gasteiger partial charge in [-0.2, -0.15) is 24.7 Å². The van der Waals surface area contributed by atoms with Gasteiger partial charge in [0.15, 0.2) is 0 Å². The Bertz CT molecular complexity index is 484. The molecule has 0 saturated heterocycles. The molecule has 0 fully saturated rings. The van der Waals surface area contributed by atoms with E-state index in [1.807, 2.05) is 0 Å². The van der Waals surface area contributed by atoms with Gasteiger partial charge in [0.25, 0.3) is 5.95 Å². The van der Waals surface area contributed by atoms with Gasteiger partial charge in [-0.3, -0.25) is 0 Å². The summed E-state index contributed by atoms with van der Waals surface area (Å²) in [5.41, 5.74) is 5.56. The Morgan fingerprint density at radius 3 is 2.94 bits per heavy atom. The lowest BCUT2D eigenvalue weighted by Gasteiger charge is -2.11. The fourth-order valence-electron chi connectivity index (χ4n) is 1.13. The first-order chi connectivity index (χ1) is 8.19. The van der Waals surface area contributed by atoms with Crippen molar-refractivity contribution >= 4 is 11.9 Å². The van der Waals surface area contributed by atoms with Crippen molar-refractivity contribution in [2.45, 2.75) is 13.0 Å². The fraction of sp³-hybridized carbons (Fsp3) is 0.375. The summed E-state index contributed by atoms with van der Waals surface area (Å²) >= 11 is 0. The quantitative estimate of drug-likeness (QED) is 0.605. The molecule has 9 nitrogen and oxygen atoms in total. The number of nitrogens with two attached hydrogens (primary N) is 1. The Kier molecular flexibility index (Phi) is 3.10. The number of anilines is 2. The lowest BCUT2D eigenvalue weighted by atomic mass is 10.4. The summed E-state index contributed by atoms with van der Waals surface area (Å²) in [6.45, 7) is 1.75. The number of aliphatic hydroxyl groups excluding tert-OH is 1. The molecule has 4 N–H and O–H groups in total. The number of nitrogen functional groups attached to an aromatic ring is 1. The van der Waals surface area contributed by atoms with Crippen LogP contribution in [0.2, 0.25) is 0 Å². The third kappa shape index (κ3) is 2.64. The van der Waals surface area contributed by atoms with Gasteiger partial charge in [-0.05, 0) is 6.92 Å². The normalized spacial score (nSPS) is 12.4. The van der Waals surface area contributed by atoms with Crippen LogP contribution in [0.1, 0.15) is 6.92 Å². The Morgan fingerprint density at radius 1 is 1.47 bits per heavy atom. The van der Waals surface area contributed by atoms with Crippen molar-refractivity contribution in [2.75, 3.05) is 17.7 Å². The molecular weight excluding hydrogens is 224 g/mol. The topological polar surface area (TPSA) is 128 Å². The van der Waals surface area contributed by atoms with Gasteiger partial charge in [-0.1, -0.05) is 0 Å². The molecule has 90 valence electrons. The minimum atomic E-state index is -0.180. The van der Waals surface area contributed by atoms with E-state index >= 15 is 0 Å². The Balaban J connectivity index is 2.30. The fourth-order valence-corrected chi connectivity index (χ4v) is 1.13. The minimum absolute atomic E-state index is 0.0375. The van der Waals surface area contributed by atoms with Crippen molar-refractivity contribution in [3.05, 3.63) is 12.7 Å². The smallest absolute Gasteiger partial charge is 0.258 e. The third-order valence-corrected chi connectivity index (χ3v) is 1.91. The summed E-state index contributed by atoms with van der Waals surface area (Å²) in [7, 11) is 0. The number of hydrogen-bond acceptors (Lipinski definition) is 8. The zero-order chi connectivity index (χ0) is 12.3. The van der Waals surface area contributed by atoms with E-state index in [2.05, 4.69) is 30.4 Å². The van der Waals surface area contributed by atoms with Crippen LogP contribution in [-0.4, -0.2) is 47.5 Å². The predicted molar refractivity (Wildman–Crippen MR) is 59.3 cm³/mol. The van der Waals surface area contributed by atoms with Crippen LogP contribution < -0.4 is 11.1 Å². The van der Waals surface area contributed by atoms with Crippen LogP contribution in [0.3, 0.4) is 0 Å². The largest absolute Gasteiger partial charge is 0.394 e. The van der Waals surface area contributed by atoms with Gasteiger partial charge in [0.05, 0.1) is 6.61 Å². The molecule has 0 spiro atoms. The van der Waals surface area contributed by atoms with Crippen LogP contribution in [0.4, 0.5) is 11.9 Å². The Morgan fingerprint density at radius 2 is 2.29 bits per heavy atom. The monoisotopic (exact) mass is 236 g/mol. The molecule has 0 aromatic carbocycles. The van der Waals surface area contributed by atoms with Crippen LogP contribution in [0.15, 0.2) is 12.7 Å². The highest BCUT2D eigenvalue weighted by atomic mass is 16.3. The minimum Gasteiger partial charge on any atom is -0.394 e. The molecular formula is C8H12N8O. The maximum Gasteiger partial charge on any atom is 0.258 e. The van der Waals surface area contributed by atoms with E-state index in [0.29, 0.717) is 0 Å². The van der Waals surface area contributed by atoms with Crippen molar-refractivity contribution in [3.8, 4) is 5.95 Å². The second-order valence-corrected chi connectivity index (χ2v) is 3.39. The Hall–Kier alpha value is -2.29. The molecule has 17 heavy (non-hydrogen) atoms. The molecule has 0 saturated carbocycles. The van der Waals surface area contributed by atoms with Gasteiger partial charge in [0.2, 0.25) is 11.9 Å². The van der Waals surface area contributed by atoms with E-state index in [-0.39, 0.29) is 30.5 Å². The summed E-state index contributed by atoms with van der Waals surface area (Å²) in [6, 6.07) is -0.180. The molecule has 2 aromatic heterocycles. The number of rotatable bonds is 4. The predicted octanol–water partition coefficient (Wildman–Crippen LogP) is -1.17. The first kappa shape index (κ1) is 11.2. The summed E-state index contributed by atoms with van der Waals surface area (Å²) in [5, 5.41) is 15.7. The summed E-state index contributed by atoms with van der Waals surface area (Å²) in [4.78, 5) is 15.7. The van der Waals surface area contributed by atoms with Gasteiger partial charge in [0.1, 0.15) is 12.7 Å². The van der Waals surface area contributed by atoms with E-state index in [1.165, 1.54) is 17.3 Å². The van der Waals surface area contributed by atoms with Gasteiger partial charge < -0.3 is 16.2 Å². The van der Waals surface area contributed by atoms with Gasteiger partial charge in [-0.25, -0.2) is 4.98 Å². The van der Waals surface area contributed by atoms with Gasteiger partial charge >= 0.3 is 0 Å². The summed E-state index contributed by atoms with van der Waals surface area (Å²) in [5.74, 6) is 0.616. The van der Waals surface area contributed by atoms with E-state index in [4.69, 9.17) is 10.8 Å². The van der Waals surface area contributed by atoms with E-state index in [0.717, 1.165) is 0 Å². The van der Waals surface area contributed by atoms with Crippen LogP contribution in [0.5, 0.6) is 0 Å². The molecule has 1 unspecified atom stereocenters. The average Bonchev–Trinajstić information content (AvgIpc) is 2.81.